The summed E-state index contributed by atoms with van der Waals surface area (Å²) in [4.78, 5) is 37.9. The number of H-pyrrole nitrogens is 1. The second-order valence-corrected chi connectivity index (χ2v) is 9.32. The van der Waals surface area contributed by atoms with E-state index in [0.717, 1.165) is 23.6 Å². The van der Waals surface area contributed by atoms with E-state index in [0.29, 0.717) is 22.8 Å². The fraction of sp³-hybridized carbons (Fsp3) is 0.0345. The Kier molecular flexibility index (Phi) is 6.43. The van der Waals surface area contributed by atoms with Crippen LogP contribution in [0.15, 0.2) is 96.3 Å². The highest BCUT2D eigenvalue weighted by atomic mass is 35.5. The van der Waals surface area contributed by atoms with E-state index in [1.165, 1.54) is 29.1 Å². The Balaban J connectivity index is 1.31. The van der Waals surface area contributed by atoms with Crippen LogP contribution in [0.3, 0.4) is 0 Å². The minimum atomic E-state index is -4.59. The van der Waals surface area contributed by atoms with Crippen LogP contribution in [0.4, 0.5) is 18.9 Å². The molecular weight excluding hydrogens is 559 g/mol. The van der Waals surface area contributed by atoms with Gasteiger partial charge in [-0.3, -0.25) is 14.2 Å². The Morgan fingerprint density at radius 2 is 1.78 bits per heavy atom. The SMILES string of the molecule is O=C(Nc1ccc(Oc2ccnc3[nH]ccc23)cc1)c1cn(-c2ccc(C(F)(F)F)cc2Cl)c2ncccc2c1=O. The standard InChI is InChI=1S/C29H17ClF3N5O3/c30-22-14-16(29(31,32)33)3-8-23(22)38-15-21(25(39)20-2-1-11-36-27(20)38)28(40)37-17-4-6-18(7-5-17)41-24-10-13-35-26-19(24)9-12-34-26/h1-15H,(H,34,35)(H,37,40). The number of halogens is 4. The average molecular weight is 576 g/mol. The molecule has 0 atom stereocenters. The quantitative estimate of drug-likeness (QED) is 0.231. The molecule has 4 aromatic heterocycles. The number of nitrogens with one attached hydrogen (secondary N) is 2. The number of amides is 1. The molecule has 1 amide bonds. The van der Waals surface area contributed by atoms with Gasteiger partial charge in [-0.05, 0) is 66.7 Å². The van der Waals surface area contributed by atoms with Crippen molar-refractivity contribution in [2.45, 2.75) is 6.18 Å². The summed E-state index contributed by atoms with van der Waals surface area (Å²) in [5, 5.41) is 3.34. The third kappa shape index (κ3) is 4.98. The number of carbonyl (C=O) groups excluding carboxylic acids is 1. The minimum Gasteiger partial charge on any atom is -0.457 e. The number of aromatic amines is 1. The number of alkyl halides is 3. The third-order valence-electron chi connectivity index (χ3n) is 6.30. The minimum absolute atomic E-state index is 0.0910. The monoisotopic (exact) mass is 575 g/mol. The van der Waals surface area contributed by atoms with Crippen molar-refractivity contribution in [1.82, 2.24) is 19.5 Å². The van der Waals surface area contributed by atoms with Gasteiger partial charge in [0.25, 0.3) is 5.91 Å². The molecule has 0 fully saturated rings. The van der Waals surface area contributed by atoms with E-state index in [1.54, 1.807) is 42.7 Å². The van der Waals surface area contributed by atoms with Crippen molar-refractivity contribution in [2.75, 3.05) is 5.32 Å². The zero-order valence-electron chi connectivity index (χ0n) is 20.7. The van der Waals surface area contributed by atoms with Crippen molar-refractivity contribution in [3.05, 3.63) is 118 Å². The van der Waals surface area contributed by atoms with Crippen molar-refractivity contribution < 1.29 is 22.7 Å². The Morgan fingerprint density at radius 1 is 0.976 bits per heavy atom. The first kappa shape index (κ1) is 26.1. The highest BCUT2D eigenvalue weighted by Gasteiger charge is 2.31. The molecule has 0 aliphatic rings. The van der Waals surface area contributed by atoms with Gasteiger partial charge in [0.05, 0.1) is 27.0 Å². The summed E-state index contributed by atoms with van der Waals surface area (Å²) in [7, 11) is 0. The number of ether oxygens (including phenoxy) is 1. The van der Waals surface area contributed by atoms with Gasteiger partial charge in [0.2, 0.25) is 5.43 Å². The van der Waals surface area contributed by atoms with Crippen LogP contribution in [-0.2, 0) is 6.18 Å². The second-order valence-electron chi connectivity index (χ2n) is 8.91. The average Bonchev–Trinajstić information content (AvgIpc) is 3.44. The number of rotatable bonds is 5. The van der Waals surface area contributed by atoms with E-state index in [1.807, 2.05) is 6.07 Å². The van der Waals surface area contributed by atoms with Gasteiger partial charge in [-0.15, -0.1) is 0 Å². The fourth-order valence-corrected chi connectivity index (χ4v) is 4.61. The molecule has 8 nitrogen and oxygen atoms in total. The molecule has 4 heterocycles. The number of aromatic nitrogens is 4. The fourth-order valence-electron chi connectivity index (χ4n) is 4.34. The molecule has 6 rings (SSSR count). The first-order chi connectivity index (χ1) is 19.7. The molecule has 6 aromatic rings. The van der Waals surface area contributed by atoms with Crippen molar-refractivity contribution in [1.29, 1.82) is 0 Å². The van der Waals surface area contributed by atoms with Crippen molar-refractivity contribution in [3.63, 3.8) is 0 Å². The lowest BCUT2D eigenvalue weighted by atomic mass is 10.1. The maximum atomic E-state index is 13.3. The van der Waals surface area contributed by atoms with Crippen LogP contribution in [0.1, 0.15) is 15.9 Å². The molecule has 0 saturated carbocycles. The molecule has 0 spiro atoms. The molecule has 0 radical (unpaired) electrons. The molecule has 0 aliphatic heterocycles. The number of hydrogen-bond acceptors (Lipinski definition) is 5. The molecule has 12 heteroatoms. The van der Waals surface area contributed by atoms with Crippen molar-refractivity contribution in [3.8, 4) is 17.2 Å². The van der Waals surface area contributed by atoms with Crippen LogP contribution in [0.2, 0.25) is 5.02 Å². The molecule has 0 aliphatic carbocycles. The predicted molar refractivity (Wildman–Crippen MR) is 148 cm³/mol. The lowest BCUT2D eigenvalue weighted by molar-refractivity contribution is -0.137. The second kappa shape index (κ2) is 10.1. The Hall–Kier alpha value is -5.16. The summed E-state index contributed by atoms with van der Waals surface area (Å²) in [5.74, 6) is 0.377. The third-order valence-corrected chi connectivity index (χ3v) is 6.60. The van der Waals surface area contributed by atoms with E-state index >= 15 is 0 Å². The summed E-state index contributed by atoms with van der Waals surface area (Å²) in [6, 6.07) is 15.9. The topological polar surface area (TPSA) is 102 Å². The number of hydrogen-bond donors (Lipinski definition) is 2. The van der Waals surface area contributed by atoms with E-state index in [9.17, 15) is 22.8 Å². The van der Waals surface area contributed by atoms with Gasteiger partial charge in [-0.1, -0.05) is 11.6 Å². The van der Waals surface area contributed by atoms with Crippen LogP contribution in [0.5, 0.6) is 11.5 Å². The van der Waals surface area contributed by atoms with E-state index in [-0.39, 0.29) is 27.3 Å². The van der Waals surface area contributed by atoms with Gasteiger partial charge in [-0.25, -0.2) is 9.97 Å². The molecule has 0 saturated heterocycles. The van der Waals surface area contributed by atoms with Crippen LogP contribution in [0, 0.1) is 0 Å². The first-order valence-electron chi connectivity index (χ1n) is 12.1. The van der Waals surface area contributed by atoms with Gasteiger partial charge in [0, 0.05) is 30.5 Å². The largest absolute Gasteiger partial charge is 0.457 e. The van der Waals surface area contributed by atoms with E-state index in [4.69, 9.17) is 16.3 Å². The van der Waals surface area contributed by atoms with Crippen LogP contribution in [0.25, 0.3) is 27.8 Å². The number of fused-ring (bicyclic) bond motifs is 2. The zero-order chi connectivity index (χ0) is 28.7. The summed E-state index contributed by atoms with van der Waals surface area (Å²) in [5.41, 5.74) is -0.479. The van der Waals surface area contributed by atoms with Gasteiger partial charge < -0.3 is 15.0 Å². The predicted octanol–water partition coefficient (Wildman–Crippen LogP) is 6.98. The Bertz CT molecular complexity index is 2000. The maximum Gasteiger partial charge on any atom is 0.416 e. The van der Waals surface area contributed by atoms with Gasteiger partial charge in [-0.2, -0.15) is 13.2 Å². The van der Waals surface area contributed by atoms with E-state index in [2.05, 4.69) is 20.3 Å². The number of anilines is 1. The molecule has 41 heavy (non-hydrogen) atoms. The molecule has 204 valence electrons. The smallest absolute Gasteiger partial charge is 0.416 e. The van der Waals surface area contributed by atoms with Gasteiger partial charge in [0.1, 0.15) is 28.4 Å². The molecular formula is C29H17ClF3N5O3. The van der Waals surface area contributed by atoms with Gasteiger partial charge >= 0.3 is 6.18 Å². The highest BCUT2D eigenvalue weighted by molar-refractivity contribution is 6.32. The number of pyridine rings is 3. The van der Waals surface area contributed by atoms with Crippen LogP contribution >= 0.6 is 11.6 Å². The molecule has 2 aromatic carbocycles. The zero-order valence-corrected chi connectivity index (χ0v) is 21.5. The first-order valence-corrected chi connectivity index (χ1v) is 12.5. The lowest BCUT2D eigenvalue weighted by Crippen LogP contribution is -2.24. The van der Waals surface area contributed by atoms with Gasteiger partial charge in [0.15, 0.2) is 0 Å². The number of benzene rings is 2. The van der Waals surface area contributed by atoms with E-state index < -0.39 is 23.1 Å². The Labute approximate surface area is 234 Å². The molecule has 2 N–H and O–H groups in total. The summed E-state index contributed by atoms with van der Waals surface area (Å²) in [6.07, 6.45) is 1.42. The maximum absolute atomic E-state index is 13.3. The molecule has 0 bridgehead atoms. The van der Waals surface area contributed by atoms with Crippen molar-refractivity contribution >= 4 is 45.3 Å². The van der Waals surface area contributed by atoms with Crippen LogP contribution in [-0.4, -0.2) is 25.4 Å². The highest BCUT2D eigenvalue weighted by Crippen LogP contribution is 2.34. The molecule has 0 unspecified atom stereocenters. The normalized spacial score (nSPS) is 11.6. The van der Waals surface area contributed by atoms with Crippen molar-refractivity contribution in [2.24, 2.45) is 0 Å². The summed E-state index contributed by atoms with van der Waals surface area (Å²) >= 11 is 6.23. The van der Waals surface area contributed by atoms with Crippen LogP contribution < -0.4 is 15.5 Å². The summed E-state index contributed by atoms with van der Waals surface area (Å²) in [6.45, 7) is 0. The Morgan fingerprint density at radius 3 is 2.54 bits per heavy atom. The summed E-state index contributed by atoms with van der Waals surface area (Å²) < 4.78 is 46.8. The lowest BCUT2D eigenvalue weighted by Gasteiger charge is -2.15. The number of carbonyl (C=O) groups is 1. The number of nitrogens with zero attached hydrogens (tertiary/aromatic N) is 3.